The minimum absolute atomic E-state index is 0.156. The first kappa shape index (κ1) is 25.8. The number of furan rings is 1. The van der Waals surface area contributed by atoms with Crippen LogP contribution < -0.4 is 10.2 Å². The van der Waals surface area contributed by atoms with E-state index in [1.54, 1.807) is 48.4 Å². The Labute approximate surface area is 226 Å². The third-order valence-electron chi connectivity index (χ3n) is 6.64. The van der Waals surface area contributed by atoms with Crippen LogP contribution in [0.1, 0.15) is 48.6 Å². The second-order valence-electron chi connectivity index (χ2n) is 9.42. The highest BCUT2D eigenvalue weighted by molar-refractivity contribution is 6.01. The number of rotatable bonds is 7. The van der Waals surface area contributed by atoms with Crippen LogP contribution in [0.25, 0.3) is 5.69 Å². The van der Waals surface area contributed by atoms with E-state index in [1.807, 2.05) is 62.5 Å². The molecule has 0 fully saturated rings. The molecule has 9 nitrogen and oxygen atoms in total. The molecule has 1 aliphatic rings. The number of hydrogen-bond donors (Lipinski definition) is 1. The fourth-order valence-electron chi connectivity index (χ4n) is 4.79. The van der Waals surface area contributed by atoms with E-state index >= 15 is 0 Å². The van der Waals surface area contributed by atoms with Crippen LogP contribution in [0, 0.1) is 0 Å². The summed E-state index contributed by atoms with van der Waals surface area (Å²) < 4.78 is 12.8. The number of nitrogens with one attached hydrogen (secondary N) is 1. The maximum atomic E-state index is 14.1. The molecule has 1 unspecified atom stereocenters. The van der Waals surface area contributed by atoms with Gasteiger partial charge in [-0.05, 0) is 81.4 Å². The zero-order valence-corrected chi connectivity index (χ0v) is 22.0. The average molecular weight is 527 g/mol. The molecule has 0 saturated heterocycles. The number of nitrogens with zero attached hydrogens (tertiary/aromatic N) is 3. The number of amides is 3. The minimum Gasteiger partial charge on any atom is -0.467 e. The molecule has 0 saturated carbocycles. The Morgan fingerprint density at radius 3 is 2.38 bits per heavy atom. The lowest BCUT2D eigenvalue weighted by Crippen LogP contribution is -2.49. The van der Waals surface area contributed by atoms with Crippen LogP contribution in [0.2, 0.25) is 0 Å². The Hall–Kier alpha value is -4.79. The summed E-state index contributed by atoms with van der Waals surface area (Å²) in [7, 11) is 0. The number of anilines is 2. The summed E-state index contributed by atoms with van der Waals surface area (Å²) in [5.74, 6) is -0.0540. The monoisotopic (exact) mass is 526 g/mol. The van der Waals surface area contributed by atoms with Gasteiger partial charge in [0, 0.05) is 17.9 Å². The summed E-state index contributed by atoms with van der Waals surface area (Å²) in [6.07, 6.45) is 3.56. The fourth-order valence-corrected chi connectivity index (χ4v) is 4.79. The van der Waals surface area contributed by atoms with Gasteiger partial charge in [0.05, 0.1) is 35.5 Å². The van der Waals surface area contributed by atoms with Crippen molar-refractivity contribution in [2.24, 2.45) is 0 Å². The van der Waals surface area contributed by atoms with Crippen LogP contribution in [-0.2, 0) is 9.53 Å². The van der Waals surface area contributed by atoms with E-state index < -0.39 is 18.0 Å². The molecule has 5 rings (SSSR count). The standard InChI is InChI=1S/C30H30N4O5/c1-4-38-29(36)21-13-15-22(16-14-21)31-30(37)33(20(2)3)19-27(35)34-24-10-6-5-9-23(24)32-17-7-11-25(32)28(34)26-12-8-18-39-26/h5-18,20,28H,4,19H2,1-3H3,(H,31,37). The number of carbonyl (C=O) groups is 3. The van der Waals surface area contributed by atoms with Crippen molar-refractivity contribution >= 4 is 29.3 Å². The highest BCUT2D eigenvalue weighted by Gasteiger charge is 2.38. The van der Waals surface area contributed by atoms with E-state index in [4.69, 9.17) is 9.15 Å². The van der Waals surface area contributed by atoms with Crippen molar-refractivity contribution < 1.29 is 23.5 Å². The SMILES string of the molecule is CCOC(=O)c1ccc(NC(=O)N(CC(=O)N2c3ccccc3-n3cccc3C2c2ccco2)C(C)C)cc1. The third-order valence-corrected chi connectivity index (χ3v) is 6.64. The van der Waals surface area contributed by atoms with Gasteiger partial charge in [0.1, 0.15) is 18.3 Å². The van der Waals surface area contributed by atoms with Gasteiger partial charge in [-0.1, -0.05) is 12.1 Å². The average Bonchev–Trinajstić information content (AvgIpc) is 3.64. The van der Waals surface area contributed by atoms with Gasteiger partial charge in [-0.2, -0.15) is 0 Å². The molecular formula is C30H30N4O5. The molecule has 0 aliphatic carbocycles. The Kier molecular flexibility index (Phi) is 7.23. The molecule has 4 aromatic rings. The first-order chi connectivity index (χ1) is 18.9. The molecule has 2 aromatic heterocycles. The summed E-state index contributed by atoms with van der Waals surface area (Å²) in [5, 5.41) is 2.84. The number of benzene rings is 2. The van der Waals surface area contributed by atoms with Crippen LogP contribution in [0.3, 0.4) is 0 Å². The number of esters is 1. The first-order valence-corrected chi connectivity index (χ1v) is 12.9. The van der Waals surface area contributed by atoms with Gasteiger partial charge in [0.15, 0.2) is 0 Å². The van der Waals surface area contributed by atoms with E-state index in [0.29, 0.717) is 17.0 Å². The maximum absolute atomic E-state index is 14.1. The van der Waals surface area contributed by atoms with Crippen LogP contribution in [-0.4, -0.2) is 46.6 Å². The highest BCUT2D eigenvalue weighted by Crippen LogP contribution is 2.42. The Bertz CT molecular complexity index is 1470. The number of aromatic nitrogens is 1. The van der Waals surface area contributed by atoms with Gasteiger partial charge in [-0.3, -0.25) is 9.69 Å². The summed E-state index contributed by atoms with van der Waals surface area (Å²) in [5.41, 5.74) is 3.38. The molecule has 0 radical (unpaired) electrons. The van der Waals surface area contributed by atoms with E-state index in [1.165, 1.54) is 4.90 Å². The molecule has 0 bridgehead atoms. The number of carbonyl (C=O) groups excluding carboxylic acids is 3. The van der Waals surface area contributed by atoms with Crippen molar-refractivity contribution in [2.75, 3.05) is 23.4 Å². The molecule has 1 N–H and O–H groups in total. The summed E-state index contributed by atoms with van der Waals surface area (Å²) in [4.78, 5) is 42.5. The Balaban J connectivity index is 1.41. The van der Waals surface area contributed by atoms with E-state index in [9.17, 15) is 14.4 Å². The Morgan fingerprint density at radius 2 is 1.72 bits per heavy atom. The molecule has 2 aromatic carbocycles. The number of hydrogen-bond acceptors (Lipinski definition) is 5. The summed E-state index contributed by atoms with van der Waals surface area (Å²) in [6.45, 7) is 5.58. The topological polar surface area (TPSA) is 97.0 Å². The minimum atomic E-state index is -0.495. The molecule has 3 heterocycles. The van der Waals surface area contributed by atoms with Crippen molar-refractivity contribution in [2.45, 2.75) is 32.9 Å². The lowest BCUT2D eigenvalue weighted by atomic mass is 10.0. The number of ether oxygens (including phenoxy) is 1. The number of urea groups is 1. The highest BCUT2D eigenvalue weighted by atomic mass is 16.5. The van der Waals surface area contributed by atoms with Gasteiger partial charge >= 0.3 is 12.0 Å². The zero-order valence-electron chi connectivity index (χ0n) is 22.0. The number of para-hydroxylation sites is 2. The van der Waals surface area contributed by atoms with Crippen molar-refractivity contribution in [3.05, 3.63) is 102 Å². The van der Waals surface area contributed by atoms with Gasteiger partial charge < -0.3 is 23.9 Å². The lowest BCUT2D eigenvalue weighted by Gasteiger charge is -2.38. The molecule has 39 heavy (non-hydrogen) atoms. The van der Waals surface area contributed by atoms with Gasteiger partial charge in [-0.15, -0.1) is 0 Å². The predicted octanol–water partition coefficient (Wildman–Crippen LogP) is 5.63. The fraction of sp³-hybridized carbons (Fsp3) is 0.233. The van der Waals surface area contributed by atoms with Gasteiger partial charge in [-0.25, -0.2) is 9.59 Å². The normalized spacial score (nSPS) is 13.9. The second kappa shape index (κ2) is 10.9. The van der Waals surface area contributed by atoms with Crippen molar-refractivity contribution in [3.8, 4) is 5.69 Å². The molecular weight excluding hydrogens is 496 g/mol. The van der Waals surface area contributed by atoms with Gasteiger partial charge in [0.2, 0.25) is 5.91 Å². The summed E-state index contributed by atoms with van der Waals surface area (Å²) in [6, 6.07) is 20.5. The molecule has 1 aliphatic heterocycles. The van der Waals surface area contributed by atoms with Gasteiger partial charge in [0.25, 0.3) is 0 Å². The van der Waals surface area contributed by atoms with E-state index in [-0.39, 0.29) is 25.1 Å². The van der Waals surface area contributed by atoms with Crippen LogP contribution in [0.5, 0.6) is 0 Å². The third kappa shape index (κ3) is 5.03. The molecule has 1 atom stereocenters. The van der Waals surface area contributed by atoms with Crippen molar-refractivity contribution in [1.29, 1.82) is 0 Å². The predicted molar refractivity (Wildman–Crippen MR) is 147 cm³/mol. The summed E-state index contributed by atoms with van der Waals surface area (Å²) >= 11 is 0. The van der Waals surface area contributed by atoms with E-state index in [0.717, 1.165) is 17.1 Å². The largest absolute Gasteiger partial charge is 0.467 e. The molecule has 9 heteroatoms. The lowest BCUT2D eigenvalue weighted by molar-refractivity contribution is -0.120. The first-order valence-electron chi connectivity index (χ1n) is 12.9. The van der Waals surface area contributed by atoms with Crippen molar-refractivity contribution in [3.63, 3.8) is 0 Å². The zero-order chi connectivity index (χ0) is 27.5. The molecule has 0 spiro atoms. The van der Waals surface area contributed by atoms with Crippen LogP contribution in [0.4, 0.5) is 16.2 Å². The smallest absolute Gasteiger partial charge is 0.338 e. The molecule has 3 amide bonds. The van der Waals surface area contributed by atoms with Crippen LogP contribution >= 0.6 is 0 Å². The molecule has 200 valence electrons. The van der Waals surface area contributed by atoms with Crippen molar-refractivity contribution in [1.82, 2.24) is 9.47 Å². The quantitative estimate of drug-likeness (QED) is 0.315. The van der Waals surface area contributed by atoms with E-state index in [2.05, 4.69) is 9.88 Å². The van der Waals surface area contributed by atoms with Crippen LogP contribution in [0.15, 0.2) is 89.7 Å². The Morgan fingerprint density at radius 1 is 0.974 bits per heavy atom. The maximum Gasteiger partial charge on any atom is 0.338 e. The second-order valence-corrected chi connectivity index (χ2v) is 9.42. The number of fused-ring (bicyclic) bond motifs is 3.